The molecule has 1 heterocycles. The molecule has 66 valence electrons. The summed E-state index contributed by atoms with van der Waals surface area (Å²) in [6.07, 6.45) is 5.79. The van der Waals surface area contributed by atoms with E-state index >= 15 is 0 Å². The van der Waals surface area contributed by atoms with Crippen molar-refractivity contribution in [3.8, 4) is 0 Å². The lowest BCUT2D eigenvalue weighted by molar-refractivity contribution is -0.110. The molecule has 2 nitrogen and oxygen atoms in total. The number of carbonyl (C=O) groups excluding carboxylic acids is 1. The van der Waals surface area contributed by atoms with Crippen molar-refractivity contribution in [1.82, 2.24) is 4.57 Å². The molecule has 0 aromatic carbocycles. The van der Waals surface area contributed by atoms with Gasteiger partial charge in [-0.1, -0.05) is 13.8 Å². The lowest BCUT2D eigenvalue weighted by Gasteiger charge is -2.14. The summed E-state index contributed by atoms with van der Waals surface area (Å²) < 4.78 is 1.95. The van der Waals surface area contributed by atoms with Crippen LogP contribution in [0.15, 0.2) is 24.5 Å². The summed E-state index contributed by atoms with van der Waals surface area (Å²) in [5, 5.41) is 0. The second kappa shape index (κ2) is 4.10. The minimum atomic E-state index is 0.0139. The van der Waals surface area contributed by atoms with E-state index < -0.39 is 0 Å². The van der Waals surface area contributed by atoms with Gasteiger partial charge in [0.2, 0.25) is 0 Å². The van der Waals surface area contributed by atoms with Crippen molar-refractivity contribution in [2.24, 2.45) is 5.92 Å². The maximum absolute atomic E-state index is 10.7. The van der Waals surface area contributed by atoms with Gasteiger partial charge in [-0.3, -0.25) is 0 Å². The van der Waals surface area contributed by atoms with Gasteiger partial charge in [-0.2, -0.15) is 0 Å². The third kappa shape index (κ3) is 2.22. The molecule has 0 bridgehead atoms. The van der Waals surface area contributed by atoms with Crippen LogP contribution >= 0.6 is 0 Å². The summed E-state index contributed by atoms with van der Waals surface area (Å²) in [4.78, 5) is 10.7. The first-order valence-electron chi connectivity index (χ1n) is 4.31. The fraction of sp³-hybridized carbons (Fsp3) is 0.500. The van der Waals surface area contributed by atoms with Crippen molar-refractivity contribution in [1.29, 1.82) is 0 Å². The molecular weight excluding hydrogens is 150 g/mol. The van der Waals surface area contributed by atoms with Crippen molar-refractivity contribution >= 4 is 6.29 Å². The van der Waals surface area contributed by atoms with Gasteiger partial charge in [-0.15, -0.1) is 0 Å². The van der Waals surface area contributed by atoms with Gasteiger partial charge in [0.1, 0.15) is 6.29 Å². The second-order valence-electron chi connectivity index (χ2n) is 3.46. The van der Waals surface area contributed by atoms with Crippen molar-refractivity contribution in [2.75, 3.05) is 0 Å². The molecule has 12 heavy (non-hydrogen) atoms. The lowest BCUT2D eigenvalue weighted by Crippen LogP contribution is -2.10. The Hall–Kier alpha value is -1.05. The van der Waals surface area contributed by atoms with E-state index in [1.165, 1.54) is 0 Å². The molecule has 0 aliphatic heterocycles. The average molecular weight is 165 g/mol. The molecule has 0 aliphatic rings. The number of rotatable bonds is 4. The van der Waals surface area contributed by atoms with E-state index in [-0.39, 0.29) is 6.04 Å². The third-order valence-corrected chi connectivity index (χ3v) is 1.88. The van der Waals surface area contributed by atoms with Crippen molar-refractivity contribution < 1.29 is 4.79 Å². The van der Waals surface area contributed by atoms with Crippen LogP contribution < -0.4 is 0 Å². The molecule has 0 N–H and O–H groups in total. The van der Waals surface area contributed by atoms with E-state index in [0.29, 0.717) is 5.92 Å². The predicted octanol–water partition coefficient (Wildman–Crippen LogP) is 2.27. The highest BCUT2D eigenvalue weighted by molar-refractivity contribution is 5.55. The van der Waals surface area contributed by atoms with E-state index in [1.54, 1.807) is 0 Å². The van der Waals surface area contributed by atoms with Gasteiger partial charge in [-0.05, 0) is 24.5 Å². The molecule has 1 rings (SSSR count). The van der Waals surface area contributed by atoms with Gasteiger partial charge in [-0.25, -0.2) is 0 Å². The Labute approximate surface area is 73.2 Å². The first-order valence-corrected chi connectivity index (χ1v) is 4.31. The van der Waals surface area contributed by atoms with E-state index in [1.807, 2.05) is 29.1 Å². The predicted molar refractivity (Wildman–Crippen MR) is 49.0 cm³/mol. The molecule has 1 aromatic heterocycles. The normalized spacial score (nSPS) is 13.2. The lowest BCUT2D eigenvalue weighted by atomic mass is 10.1. The first kappa shape index (κ1) is 9.04. The largest absolute Gasteiger partial charge is 0.344 e. The van der Waals surface area contributed by atoms with Crippen LogP contribution in [0.1, 0.15) is 26.3 Å². The minimum absolute atomic E-state index is 0.0139. The van der Waals surface area contributed by atoms with Gasteiger partial charge in [0, 0.05) is 12.4 Å². The standard InChI is InChI=1S/C10H15NO/c1-9(2)7-10(8-12)11-5-3-4-6-11/h3-6,8-10H,7H2,1-2H3. The van der Waals surface area contributed by atoms with Crippen LogP contribution in [0.5, 0.6) is 0 Å². The Kier molecular flexibility index (Phi) is 3.09. The zero-order valence-electron chi connectivity index (χ0n) is 7.60. The Balaban J connectivity index is 2.63. The Morgan fingerprint density at radius 2 is 1.92 bits per heavy atom. The molecule has 0 radical (unpaired) electrons. The highest BCUT2D eigenvalue weighted by Crippen LogP contribution is 2.14. The Bertz CT molecular complexity index is 226. The van der Waals surface area contributed by atoms with Gasteiger partial charge in [0.25, 0.3) is 0 Å². The molecule has 0 saturated heterocycles. The Morgan fingerprint density at radius 3 is 2.33 bits per heavy atom. The molecule has 2 heteroatoms. The summed E-state index contributed by atoms with van der Waals surface area (Å²) in [6, 6.07) is 3.90. The molecular formula is C10H15NO. The highest BCUT2D eigenvalue weighted by Gasteiger charge is 2.09. The minimum Gasteiger partial charge on any atom is -0.344 e. The van der Waals surface area contributed by atoms with Crippen LogP contribution in [-0.4, -0.2) is 10.9 Å². The summed E-state index contributed by atoms with van der Waals surface area (Å²) in [5.41, 5.74) is 0. The summed E-state index contributed by atoms with van der Waals surface area (Å²) in [5.74, 6) is 0.558. The second-order valence-corrected chi connectivity index (χ2v) is 3.46. The van der Waals surface area contributed by atoms with E-state index in [2.05, 4.69) is 13.8 Å². The van der Waals surface area contributed by atoms with Gasteiger partial charge >= 0.3 is 0 Å². The number of aromatic nitrogens is 1. The maximum atomic E-state index is 10.7. The fourth-order valence-corrected chi connectivity index (χ4v) is 1.30. The van der Waals surface area contributed by atoms with Crippen molar-refractivity contribution in [3.63, 3.8) is 0 Å². The summed E-state index contributed by atoms with van der Waals surface area (Å²) in [7, 11) is 0. The zero-order valence-corrected chi connectivity index (χ0v) is 7.60. The van der Waals surface area contributed by atoms with Crippen LogP contribution in [0.2, 0.25) is 0 Å². The van der Waals surface area contributed by atoms with Crippen LogP contribution in [-0.2, 0) is 4.79 Å². The Morgan fingerprint density at radius 1 is 1.33 bits per heavy atom. The van der Waals surface area contributed by atoms with Gasteiger partial charge in [0.15, 0.2) is 0 Å². The van der Waals surface area contributed by atoms with Crippen LogP contribution in [0.3, 0.4) is 0 Å². The smallest absolute Gasteiger partial charge is 0.142 e. The topological polar surface area (TPSA) is 22.0 Å². The fourth-order valence-electron chi connectivity index (χ4n) is 1.30. The molecule has 0 amide bonds. The van der Waals surface area contributed by atoms with Crippen molar-refractivity contribution in [3.05, 3.63) is 24.5 Å². The van der Waals surface area contributed by atoms with E-state index in [0.717, 1.165) is 12.7 Å². The molecule has 0 spiro atoms. The maximum Gasteiger partial charge on any atom is 0.142 e. The third-order valence-electron chi connectivity index (χ3n) is 1.88. The van der Waals surface area contributed by atoms with Crippen LogP contribution in [0.4, 0.5) is 0 Å². The number of aldehydes is 1. The van der Waals surface area contributed by atoms with Gasteiger partial charge in [0.05, 0.1) is 6.04 Å². The summed E-state index contributed by atoms with van der Waals surface area (Å²) >= 11 is 0. The first-order chi connectivity index (χ1) is 5.74. The highest BCUT2D eigenvalue weighted by atomic mass is 16.1. The molecule has 1 atom stereocenters. The number of hydrogen-bond donors (Lipinski definition) is 0. The van der Waals surface area contributed by atoms with Crippen LogP contribution in [0.25, 0.3) is 0 Å². The quantitative estimate of drug-likeness (QED) is 0.627. The van der Waals surface area contributed by atoms with Crippen molar-refractivity contribution in [2.45, 2.75) is 26.3 Å². The number of nitrogens with zero attached hydrogens (tertiary/aromatic N) is 1. The molecule has 0 saturated carbocycles. The molecule has 1 aromatic rings. The van der Waals surface area contributed by atoms with E-state index in [9.17, 15) is 4.79 Å². The average Bonchev–Trinajstić information content (AvgIpc) is 2.51. The number of carbonyl (C=O) groups is 1. The SMILES string of the molecule is CC(C)CC(C=O)n1cccc1. The van der Waals surface area contributed by atoms with Crippen LogP contribution in [0, 0.1) is 5.92 Å². The molecule has 0 fully saturated rings. The zero-order chi connectivity index (χ0) is 8.97. The summed E-state index contributed by atoms with van der Waals surface area (Å²) in [6.45, 7) is 4.25. The van der Waals surface area contributed by atoms with Gasteiger partial charge < -0.3 is 9.36 Å². The molecule has 1 unspecified atom stereocenters. The monoisotopic (exact) mass is 165 g/mol. The molecule has 0 aliphatic carbocycles. The van der Waals surface area contributed by atoms with E-state index in [4.69, 9.17) is 0 Å². The number of hydrogen-bond acceptors (Lipinski definition) is 1.